The van der Waals surface area contributed by atoms with Crippen molar-refractivity contribution in [2.24, 2.45) is 5.92 Å². The van der Waals surface area contributed by atoms with Gasteiger partial charge in [-0.1, -0.05) is 19.1 Å². The van der Waals surface area contributed by atoms with Gasteiger partial charge in [-0.15, -0.1) is 0 Å². The van der Waals surface area contributed by atoms with E-state index in [0.717, 1.165) is 12.1 Å². The van der Waals surface area contributed by atoms with Crippen molar-refractivity contribution >= 4 is 23.4 Å². The van der Waals surface area contributed by atoms with Gasteiger partial charge < -0.3 is 14.4 Å². The molecule has 0 spiro atoms. The zero-order valence-corrected chi connectivity index (χ0v) is 15.9. The number of benzene rings is 2. The Labute approximate surface area is 167 Å². The van der Waals surface area contributed by atoms with E-state index in [1.54, 1.807) is 23.1 Å². The molecule has 150 valence electrons. The van der Waals surface area contributed by atoms with E-state index in [4.69, 9.17) is 9.47 Å². The fourth-order valence-corrected chi connectivity index (χ4v) is 3.37. The summed E-state index contributed by atoms with van der Waals surface area (Å²) < 4.78 is 10.5. The number of nitrogens with zero attached hydrogens (tertiary/aromatic N) is 1. The van der Waals surface area contributed by atoms with Gasteiger partial charge in [0.15, 0.2) is 11.5 Å². The Balaban J connectivity index is 1.34. The summed E-state index contributed by atoms with van der Waals surface area (Å²) in [5.41, 5.74) is 7.08. The van der Waals surface area contributed by atoms with Crippen LogP contribution in [0.1, 0.15) is 29.3 Å². The van der Waals surface area contributed by atoms with Gasteiger partial charge >= 0.3 is 0 Å². The fourth-order valence-electron chi connectivity index (χ4n) is 3.37. The standard InChI is InChI=1S/C21H21N3O5/c1-2-13-3-6-16(7-4-13)24-11-15(10-19(24)25)21(27)23-22-20(26)14-5-8-17-18(9-14)29-12-28-17/h3-9,15H,2,10-12H2,1H3,(H,22,26)(H,23,27)/t15-/m0/s1. The van der Waals surface area contributed by atoms with Gasteiger partial charge in [-0.2, -0.15) is 0 Å². The minimum Gasteiger partial charge on any atom is -0.454 e. The summed E-state index contributed by atoms with van der Waals surface area (Å²) >= 11 is 0. The van der Waals surface area contributed by atoms with Crippen LogP contribution in [-0.2, 0) is 16.0 Å². The minimum atomic E-state index is -0.537. The average molecular weight is 395 g/mol. The van der Waals surface area contributed by atoms with E-state index in [1.165, 1.54) is 5.56 Å². The van der Waals surface area contributed by atoms with Gasteiger partial charge in [-0.25, -0.2) is 0 Å². The second-order valence-electron chi connectivity index (χ2n) is 6.94. The van der Waals surface area contributed by atoms with Crippen LogP contribution >= 0.6 is 0 Å². The molecule has 0 aromatic heterocycles. The van der Waals surface area contributed by atoms with Gasteiger partial charge in [0, 0.05) is 24.2 Å². The van der Waals surface area contributed by atoms with Crippen molar-refractivity contribution in [3.05, 3.63) is 53.6 Å². The number of nitrogens with one attached hydrogen (secondary N) is 2. The first-order chi connectivity index (χ1) is 14.0. The number of anilines is 1. The highest BCUT2D eigenvalue weighted by Gasteiger charge is 2.35. The zero-order chi connectivity index (χ0) is 20.4. The maximum absolute atomic E-state index is 12.4. The Bertz CT molecular complexity index is 957. The van der Waals surface area contributed by atoms with Crippen molar-refractivity contribution in [2.45, 2.75) is 19.8 Å². The Kier molecular flexibility index (Phi) is 5.07. The third-order valence-electron chi connectivity index (χ3n) is 5.09. The van der Waals surface area contributed by atoms with Crippen molar-refractivity contribution in [1.82, 2.24) is 10.9 Å². The Hall–Kier alpha value is -3.55. The molecule has 2 aliphatic heterocycles. The molecule has 0 aliphatic carbocycles. The highest BCUT2D eigenvalue weighted by molar-refractivity contribution is 6.01. The summed E-state index contributed by atoms with van der Waals surface area (Å²) in [4.78, 5) is 38.7. The van der Waals surface area contributed by atoms with E-state index in [-0.39, 0.29) is 25.7 Å². The van der Waals surface area contributed by atoms with Crippen LogP contribution in [0, 0.1) is 5.92 Å². The molecule has 0 saturated carbocycles. The predicted molar refractivity (Wildman–Crippen MR) is 104 cm³/mol. The number of hydrogen-bond acceptors (Lipinski definition) is 5. The summed E-state index contributed by atoms with van der Waals surface area (Å²) in [6.45, 7) is 2.45. The number of ether oxygens (including phenoxy) is 2. The smallest absolute Gasteiger partial charge is 0.269 e. The van der Waals surface area contributed by atoms with Crippen LogP contribution in [0.15, 0.2) is 42.5 Å². The van der Waals surface area contributed by atoms with E-state index in [1.807, 2.05) is 24.3 Å². The summed E-state index contributed by atoms with van der Waals surface area (Å²) in [6, 6.07) is 12.5. The quantitative estimate of drug-likeness (QED) is 0.770. The molecule has 8 nitrogen and oxygen atoms in total. The number of fused-ring (bicyclic) bond motifs is 1. The van der Waals surface area contributed by atoms with Crippen molar-refractivity contribution in [3.8, 4) is 11.5 Å². The number of carbonyl (C=O) groups excluding carboxylic acids is 3. The lowest BCUT2D eigenvalue weighted by Crippen LogP contribution is -2.45. The minimum absolute atomic E-state index is 0.0985. The average Bonchev–Trinajstić information content (AvgIpc) is 3.37. The molecule has 0 radical (unpaired) electrons. The normalized spacial score (nSPS) is 17.3. The third-order valence-corrected chi connectivity index (χ3v) is 5.09. The topological polar surface area (TPSA) is 97.0 Å². The highest BCUT2D eigenvalue weighted by Crippen LogP contribution is 2.32. The Morgan fingerprint density at radius 1 is 1.07 bits per heavy atom. The lowest BCUT2D eigenvalue weighted by molar-refractivity contribution is -0.126. The molecule has 8 heteroatoms. The molecule has 1 atom stereocenters. The first-order valence-electron chi connectivity index (χ1n) is 9.44. The van der Waals surface area contributed by atoms with E-state index in [9.17, 15) is 14.4 Å². The van der Waals surface area contributed by atoms with E-state index in [2.05, 4.69) is 17.8 Å². The molecule has 0 unspecified atom stereocenters. The maximum Gasteiger partial charge on any atom is 0.269 e. The fraction of sp³-hybridized carbons (Fsp3) is 0.286. The lowest BCUT2D eigenvalue weighted by atomic mass is 10.1. The number of carbonyl (C=O) groups is 3. The molecule has 29 heavy (non-hydrogen) atoms. The van der Waals surface area contributed by atoms with Crippen molar-refractivity contribution < 1.29 is 23.9 Å². The first kappa shape index (κ1) is 18.8. The van der Waals surface area contributed by atoms with Gasteiger partial charge in [0.2, 0.25) is 18.6 Å². The molecule has 2 aromatic rings. The van der Waals surface area contributed by atoms with Gasteiger partial charge in [0.05, 0.1) is 5.92 Å². The molecule has 3 amide bonds. The number of amides is 3. The lowest BCUT2D eigenvalue weighted by Gasteiger charge is -2.17. The third kappa shape index (κ3) is 3.87. The highest BCUT2D eigenvalue weighted by atomic mass is 16.7. The van der Waals surface area contributed by atoms with Crippen LogP contribution < -0.4 is 25.2 Å². The summed E-state index contributed by atoms with van der Waals surface area (Å²) in [5.74, 6) is -0.479. The van der Waals surface area contributed by atoms with Crippen LogP contribution in [-0.4, -0.2) is 31.1 Å². The molecule has 0 bridgehead atoms. The van der Waals surface area contributed by atoms with Crippen molar-refractivity contribution in [3.63, 3.8) is 0 Å². The molecule has 4 rings (SSSR count). The second-order valence-corrected chi connectivity index (χ2v) is 6.94. The molecule has 2 heterocycles. The van der Waals surface area contributed by atoms with E-state index in [0.29, 0.717) is 17.1 Å². The molecule has 1 saturated heterocycles. The van der Waals surface area contributed by atoms with Gasteiger partial charge in [0.25, 0.3) is 5.91 Å². The molecule has 1 fully saturated rings. The molecule has 2 aliphatic rings. The number of hydrogen-bond donors (Lipinski definition) is 2. The van der Waals surface area contributed by atoms with E-state index < -0.39 is 17.7 Å². The Morgan fingerprint density at radius 2 is 1.83 bits per heavy atom. The first-order valence-corrected chi connectivity index (χ1v) is 9.44. The summed E-state index contributed by atoms with van der Waals surface area (Å²) in [5, 5.41) is 0. The maximum atomic E-state index is 12.4. The summed E-state index contributed by atoms with van der Waals surface area (Å²) in [7, 11) is 0. The van der Waals surface area contributed by atoms with Crippen LogP contribution in [0.3, 0.4) is 0 Å². The van der Waals surface area contributed by atoms with Crippen LogP contribution in [0.4, 0.5) is 5.69 Å². The van der Waals surface area contributed by atoms with Gasteiger partial charge in [-0.05, 0) is 42.3 Å². The van der Waals surface area contributed by atoms with E-state index >= 15 is 0 Å². The van der Waals surface area contributed by atoms with Crippen LogP contribution in [0.2, 0.25) is 0 Å². The number of rotatable bonds is 4. The predicted octanol–water partition coefficient (Wildman–Crippen LogP) is 1.79. The summed E-state index contributed by atoms with van der Waals surface area (Å²) in [6.07, 6.45) is 1.02. The van der Waals surface area contributed by atoms with Crippen molar-refractivity contribution in [2.75, 3.05) is 18.2 Å². The zero-order valence-electron chi connectivity index (χ0n) is 15.9. The van der Waals surface area contributed by atoms with Gasteiger partial charge in [0.1, 0.15) is 0 Å². The molecule has 2 aromatic carbocycles. The SMILES string of the molecule is CCc1ccc(N2C[C@@H](C(=O)NNC(=O)c3ccc4c(c3)OCO4)CC2=O)cc1. The number of aryl methyl sites for hydroxylation is 1. The Morgan fingerprint density at radius 3 is 2.59 bits per heavy atom. The van der Waals surface area contributed by atoms with Crippen molar-refractivity contribution in [1.29, 1.82) is 0 Å². The monoisotopic (exact) mass is 395 g/mol. The largest absolute Gasteiger partial charge is 0.454 e. The molecular formula is C21H21N3O5. The van der Waals surface area contributed by atoms with Gasteiger partial charge in [-0.3, -0.25) is 25.2 Å². The number of hydrazine groups is 1. The molecular weight excluding hydrogens is 374 g/mol. The second kappa shape index (κ2) is 7.83. The van der Waals surface area contributed by atoms with Crippen LogP contribution in [0.5, 0.6) is 11.5 Å². The van der Waals surface area contributed by atoms with Crippen LogP contribution in [0.25, 0.3) is 0 Å². The molecule has 2 N–H and O–H groups in total.